The third-order valence-corrected chi connectivity index (χ3v) is 5.25. The molecule has 0 atom stereocenters. The number of nitrogens with one attached hydrogen (secondary N) is 2. The van der Waals surface area contributed by atoms with E-state index < -0.39 is 0 Å². The van der Waals surface area contributed by atoms with Gasteiger partial charge in [-0.25, -0.2) is 15.4 Å². The van der Waals surface area contributed by atoms with Crippen LogP contribution in [0.25, 0.3) is 0 Å². The fraction of sp³-hybridized carbons (Fsp3) is 0.227. The van der Waals surface area contributed by atoms with Crippen LogP contribution >= 0.6 is 11.8 Å². The van der Waals surface area contributed by atoms with Crippen molar-refractivity contribution in [2.45, 2.75) is 32.9 Å². The maximum Gasteiger partial charge on any atom is 0.270 e. The van der Waals surface area contributed by atoms with Gasteiger partial charge < -0.3 is 0 Å². The number of hydrazone groups is 1. The van der Waals surface area contributed by atoms with Crippen LogP contribution in [-0.2, 0) is 4.79 Å². The van der Waals surface area contributed by atoms with Gasteiger partial charge in [-0.1, -0.05) is 30.0 Å². The number of hydrogen-bond donors (Lipinski definition) is 2. The Morgan fingerprint density at radius 2 is 1.74 bits per heavy atom. The monoisotopic (exact) mass is 436 g/mol. The summed E-state index contributed by atoms with van der Waals surface area (Å²) in [6.07, 6.45) is 1.56. The van der Waals surface area contributed by atoms with Crippen LogP contribution in [0.1, 0.15) is 38.7 Å². The number of carbonyl (C=O) groups is 2. The molecule has 0 saturated carbocycles. The molecule has 31 heavy (non-hydrogen) atoms. The average molecular weight is 437 g/mol. The Morgan fingerprint density at radius 1 is 1.06 bits per heavy atom. The molecule has 3 rings (SSSR count). The van der Waals surface area contributed by atoms with E-state index in [1.165, 1.54) is 11.8 Å². The van der Waals surface area contributed by atoms with Gasteiger partial charge in [0.25, 0.3) is 11.8 Å². The Hall–Kier alpha value is -3.46. The van der Waals surface area contributed by atoms with E-state index in [4.69, 9.17) is 0 Å². The van der Waals surface area contributed by atoms with E-state index in [1.807, 2.05) is 58.0 Å². The summed E-state index contributed by atoms with van der Waals surface area (Å²) >= 11 is 1.26. The highest BCUT2D eigenvalue weighted by Crippen LogP contribution is 2.14. The van der Waals surface area contributed by atoms with Crippen LogP contribution in [0, 0.1) is 27.7 Å². The summed E-state index contributed by atoms with van der Waals surface area (Å²) in [5.74, 6) is -0.299. The van der Waals surface area contributed by atoms with Crippen LogP contribution in [0.4, 0.5) is 0 Å². The summed E-state index contributed by atoms with van der Waals surface area (Å²) in [4.78, 5) is 33.1. The molecule has 0 aliphatic rings. The van der Waals surface area contributed by atoms with Gasteiger partial charge in [0.05, 0.1) is 12.0 Å². The van der Waals surface area contributed by atoms with E-state index in [0.29, 0.717) is 10.7 Å². The van der Waals surface area contributed by atoms with Crippen molar-refractivity contribution in [3.63, 3.8) is 0 Å². The van der Waals surface area contributed by atoms with Gasteiger partial charge in [-0.2, -0.15) is 5.10 Å². The summed E-state index contributed by atoms with van der Waals surface area (Å²) in [7, 11) is 0. The minimum absolute atomic E-state index is 0.159. The normalized spacial score (nSPS) is 11.0. The van der Waals surface area contributed by atoms with Crippen LogP contribution < -0.4 is 10.9 Å². The van der Waals surface area contributed by atoms with Crippen molar-refractivity contribution in [1.29, 1.82) is 0 Å². The van der Waals surface area contributed by atoms with Crippen molar-refractivity contribution in [2.24, 2.45) is 5.10 Å². The lowest BCUT2D eigenvalue weighted by Gasteiger charge is -2.11. The molecule has 8 nitrogen and oxygen atoms in total. The second-order valence-corrected chi connectivity index (χ2v) is 7.93. The van der Waals surface area contributed by atoms with Crippen molar-refractivity contribution >= 4 is 29.8 Å². The van der Waals surface area contributed by atoms with E-state index in [-0.39, 0.29) is 17.6 Å². The number of benzene rings is 1. The fourth-order valence-corrected chi connectivity index (χ4v) is 3.68. The maximum atomic E-state index is 12.4. The molecule has 0 bridgehead atoms. The lowest BCUT2D eigenvalue weighted by molar-refractivity contribution is -0.118. The highest BCUT2D eigenvalue weighted by Gasteiger charge is 2.12. The van der Waals surface area contributed by atoms with Crippen LogP contribution in [0.5, 0.6) is 0 Å². The van der Waals surface area contributed by atoms with Crippen molar-refractivity contribution in [1.82, 2.24) is 20.1 Å². The van der Waals surface area contributed by atoms with Crippen molar-refractivity contribution in [3.05, 3.63) is 76.4 Å². The van der Waals surface area contributed by atoms with E-state index >= 15 is 0 Å². The minimum atomic E-state index is -0.254. The van der Waals surface area contributed by atoms with Crippen molar-refractivity contribution in [2.75, 3.05) is 11.2 Å². The number of aryl methyl sites for hydroxylation is 3. The van der Waals surface area contributed by atoms with E-state index in [0.717, 1.165) is 28.3 Å². The molecule has 2 amide bonds. The number of hydrogen-bond acceptors (Lipinski definition) is 6. The summed E-state index contributed by atoms with van der Waals surface area (Å²) < 4.78 is 1.70. The fourth-order valence-electron chi connectivity index (χ4n) is 2.94. The smallest absolute Gasteiger partial charge is 0.270 e. The van der Waals surface area contributed by atoms with Gasteiger partial charge in [0.1, 0.15) is 0 Å². The molecule has 9 heteroatoms. The zero-order chi connectivity index (χ0) is 22.4. The first-order valence-corrected chi connectivity index (χ1v) is 10.6. The predicted molar refractivity (Wildman–Crippen MR) is 122 cm³/mol. The zero-order valence-electron chi connectivity index (χ0n) is 17.8. The Kier molecular flexibility index (Phi) is 7.19. The number of aromatic nitrogens is 3. The molecule has 0 aliphatic carbocycles. The molecule has 0 unspecified atom stereocenters. The van der Waals surface area contributed by atoms with Gasteiger partial charge in [-0.15, -0.1) is 0 Å². The minimum Gasteiger partial charge on any atom is -0.272 e. The van der Waals surface area contributed by atoms with Gasteiger partial charge in [0.2, 0.25) is 0 Å². The Balaban J connectivity index is 1.57. The Labute approximate surface area is 185 Å². The van der Waals surface area contributed by atoms with E-state index in [1.54, 1.807) is 23.0 Å². The first-order valence-electron chi connectivity index (χ1n) is 9.66. The van der Waals surface area contributed by atoms with Crippen LogP contribution in [-0.4, -0.2) is 38.4 Å². The Morgan fingerprint density at radius 3 is 2.42 bits per heavy atom. The largest absolute Gasteiger partial charge is 0.272 e. The number of carbonyl (C=O) groups excluding carboxylic acids is 2. The highest BCUT2D eigenvalue weighted by molar-refractivity contribution is 7.99. The molecule has 0 radical (unpaired) electrons. The molecule has 2 heterocycles. The van der Waals surface area contributed by atoms with Crippen LogP contribution in [0.3, 0.4) is 0 Å². The highest BCUT2D eigenvalue weighted by atomic mass is 32.2. The molecule has 0 saturated heterocycles. The standard InChI is InChI=1S/C22H24N6O2S/c1-14-10-15(2)25-22(24-14)31-13-20(29)26-23-12-19-11-16(3)28(17(19)4)27-21(30)18-8-6-5-7-9-18/h5-12H,13H2,1-4H3,(H,26,29)(H,27,30)/b23-12+. The molecule has 0 spiro atoms. The van der Waals surface area contributed by atoms with E-state index in [2.05, 4.69) is 25.9 Å². The molecular formula is C22H24N6O2S. The third kappa shape index (κ3) is 6.02. The summed E-state index contributed by atoms with van der Waals surface area (Å²) in [6.45, 7) is 7.53. The van der Waals surface area contributed by atoms with Crippen LogP contribution in [0.15, 0.2) is 52.7 Å². The summed E-state index contributed by atoms with van der Waals surface area (Å²) in [5, 5.41) is 4.60. The average Bonchev–Trinajstić information content (AvgIpc) is 3.00. The van der Waals surface area contributed by atoms with Gasteiger partial charge in [0.15, 0.2) is 5.16 Å². The molecule has 1 aromatic carbocycles. The predicted octanol–water partition coefficient (Wildman–Crippen LogP) is 3.14. The topological polar surface area (TPSA) is 101 Å². The summed E-state index contributed by atoms with van der Waals surface area (Å²) in [6, 6.07) is 12.8. The SMILES string of the molecule is Cc1cc(C)nc(SCC(=O)N/N=C/c2cc(C)n(NC(=O)c3ccccc3)c2C)n1. The van der Waals surface area contributed by atoms with Crippen molar-refractivity contribution < 1.29 is 9.59 Å². The van der Waals surface area contributed by atoms with Gasteiger partial charge in [-0.05, 0) is 52.0 Å². The quantitative estimate of drug-likeness (QED) is 0.256. The van der Waals surface area contributed by atoms with Crippen molar-refractivity contribution in [3.8, 4) is 0 Å². The molecule has 3 aromatic rings. The second kappa shape index (κ2) is 10.0. The molecule has 0 aliphatic heterocycles. The number of rotatable bonds is 7. The number of thioether (sulfide) groups is 1. The lowest BCUT2D eigenvalue weighted by atomic mass is 10.2. The number of nitrogens with zero attached hydrogens (tertiary/aromatic N) is 4. The molecular weight excluding hydrogens is 412 g/mol. The number of amides is 2. The zero-order valence-corrected chi connectivity index (χ0v) is 18.7. The molecule has 2 aromatic heterocycles. The lowest BCUT2D eigenvalue weighted by Crippen LogP contribution is -2.24. The third-order valence-electron chi connectivity index (χ3n) is 4.41. The first kappa shape index (κ1) is 22.2. The van der Waals surface area contributed by atoms with Gasteiger partial charge in [0, 0.05) is 33.9 Å². The second-order valence-electron chi connectivity index (χ2n) is 6.98. The summed E-state index contributed by atoms with van der Waals surface area (Å²) in [5.41, 5.74) is 10.1. The Bertz CT molecular complexity index is 1100. The van der Waals surface area contributed by atoms with E-state index in [9.17, 15) is 9.59 Å². The maximum absolute atomic E-state index is 12.4. The first-order chi connectivity index (χ1) is 14.8. The van der Waals surface area contributed by atoms with Gasteiger partial charge >= 0.3 is 0 Å². The molecule has 160 valence electrons. The molecule has 2 N–H and O–H groups in total. The molecule has 0 fully saturated rings. The van der Waals surface area contributed by atoms with Crippen LogP contribution in [0.2, 0.25) is 0 Å². The van der Waals surface area contributed by atoms with Gasteiger partial charge in [-0.3, -0.25) is 19.7 Å².